The molecule has 2 amide bonds. The maximum absolute atomic E-state index is 12.6. The summed E-state index contributed by atoms with van der Waals surface area (Å²) in [4.78, 5) is 26.8. The molecule has 0 radical (unpaired) electrons. The van der Waals surface area contributed by atoms with E-state index in [-0.39, 0.29) is 24.3 Å². The van der Waals surface area contributed by atoms with Crippen LogP contribution in [-0.2, 0) is 4.79 Å². The molecule has 2 aromatic carbocycles. The Morgan fingerprint density at radius 2 is 1.48 bits per heavy atom. The number of ether oxygens (including phenoxy) is 4. The molecule has 3 rings (SSSR count). The molecule has 0 aliphatic carbocycles. The van der Waals surface area contributed by atoms with Crippen LogP contribution in [0.5, 0.6) is 23.0 Å². The molecule has 29 heavy (non-hydrogen) atoms. The average Bonchev–Trinajstić information content (AvgIpc) is 3.12. The van der Waals surface area contributed by atoms with Gasteiger partial charge >= 0.3 is 0 Å². The van der Waals surface area contributed by atoms with Crippen LogP contribution in [0.4, 0.5) is 5.69 Å². The van der Waals surface area contributed by atoms with E-state index in [0.717, 1.165) is 0 Å². The van der Waals surface area contributed by atoms with Gasteiger partial charge in [0, 0.05) is 30.3 Å². The van der Waals surface area contributed by atoms with Gasteiger partial charge in [-0.05, 0) is 30.3 Å². The van der Waals surface area contributed by atoms with E-state index in [1.54, 1.807) is 55.5 Å². The fourth-order valence-electron chi connectivity index (χ4n) is 3.29. The second-order valence-corrected chi connectivity index (χ2v) is 6.49. The Balaban J connectivity index is 1.71. The van der Waals surface area contributed by atoms with Gasteiger partial charge in [0.2, 0.25) is 5.91 Å². The fraction of sp³-hybridized carbons (Fsp3) is 0.333. The van der Waals surface area contributed by atoms with Gasteiger partial charge in [-0.25, -0.2) is 0 Å². The third-order valence-corrected chi connectivity index (χ3v) is 4.78. The molecule has 0 unspecified atom stereocenters. The number of amides is 2. The van der Waals surface area contributed by atoms with Gasteiger partial charge in [-0.1, -0.05) is 0 Å². The van der Waals surface area contributed by atoms with E-state index in [0.29, 0.717) is 40.8 Å². The molecule has 0 aromatic heterocycles. The number of methoxy groups -OCH3 is 4. The molecule has 1 aliphatic rings. The van der Waals surface area contributed by atoms with Crippen LogP contribution in [-0.4, -0.2) is 52.8 Å². The molecule has 0 bridgehead atoms. The van der Waals surface area contributed by atoms with Crippen LogP contribution in [0.15, 0.2) is 36.4 Å². The minimum atomic E-state index is -0.309. The summed E-state index contributed by atoms with van der Waals surface area (Å²) in [5.41, 5.74) is 1.12. The van der Waals surface area contributed by atoms with Gasteiger partial charge in [-0.2, -0.15) is 0 Å². The van der Waals surface area contributed by atoms with Crippen LogP contribution in [0.25, 0.3) is 0 Å². The lowest BCUT2D eigenvalue weighted by atomic mass is 10.1. The number of carbonyl (C=O) groups is 2. The third-order valence-electron chi connectivity index (χ3n) is 4.78. The first-order valence-corrected chi connectivity index (χ1v) is 9.06. The maximum Gasteiger partial charge on any atom is 0.251 e. The average molecular weight is 400 g/mol. The summed E-state index contributed by atoms with van der Waals surface area (Å²) >= 11 is 0. The third kappa shape index (κ3) is 4.21. The van der Waals surface area contributed by atoms with E-state index in [9.17, 15) is 9.59 Å². The Hall–Kier alpha value is -3.42. The summed E-state index contributed by atoms with van der Waals surface area (Å²) in [5, 5.41) is 2.91. The van der Waals surface area contributed by atoms with Crippen LogP contribution in [0.1, 0.15) is 16.8 Å². The van der Waals surface area contributed by atoms with Crippen molar-refractivity contribution in [2.24, 2.45) is 0 Å². The van der Waals surface area contributed by atoms with Crippen LogP contribution in [0.3, 0.4) is 0 Å². The largest absolute Gasteiger partial charge is 0.493 e. The molecule has 0 spiro atoms. The van der Waals surface area contributed by atoms with Crippen molar-refractivity contribution in [2.45, 2.75) is 12.5 Å². The Kier molecular flexibility index (Phi) is 6.11. The van der Waals surface area contributed by atoms with Gasteiger partial charge in [-0.3, -0.25) is 9.59 Å². The molecule has 1 aliphatic heterocycles. The van der Waals surface area contributed by atoms with Crippen molar-refractivity contribution in [1.82, 2.24) is 5.32 Å². The van der Waals surface area contributed by atoms with Crippen molar-refractivity contribution >= 4 is 17.5 Å². The summed E-state index contributed by atoms with van der Waals surface area (Å²) in [7, 11) is 6.14. The maximum atomic E-state index is 12.6. The Bertz CT molecular complexity index is 914. The Labute approximate surface area is 169 Å². The lowest BCUT2D eigenvalue weighted by Gasteiger charge is -2.19. The number of carbonyl (C=O) groups excluding carboxylic acids is 2. The van der Waals surface area contributed by atoms with E-state index in [1.807, 2.05) is 0 Å². The first kappa shape index (κ1) is 20.3. The van der Waals surface area contributed by atoms with E-state index in [1.165, 1.54) is 14.2 Å². The lowest BCUT2D eigenvalue weighted by molar-refractivity contribution is -0.117. The van der Waals surface area contributed by atoms with E-state index in [2.05, 4.69) is 5.32 Å². The SMILES string of the molecule is COc1ccc(C(=O)N[C@H]2CC(=O)N(c3ccc(OC)c(OC)c3)C2)cc1OC. The minimum absolute atomic E-state index is 0.0742. The zero-order valence-corrected chi connectivity index (χ0v) is 16.9. The highest BCUT2D eigenvalue weighted by molar-refractivity contribution is 5.99. The summed E-state index contributed by atoms with van der Waals surface area (Å²) in [5.74, 6) is 1.78. The van der Waals surface area contributed by atoms with E-state index in [4.69, 9.17) is 18.9 Å². The first-order valence-electron chi connectivity index (χ1n) is 9.06. The number of rotatable bonds is 7. The van der Waals surface area contributed by atoms with Crippen molar-refractivity contribution in [2.75, 3.05) is 39.9 Å². The van der Waals surface area contributed by atoms with Crippen LogP contribution >= 0.6 is 0 Å². The number of hydrogen-bond acceptors (Lipinski definition) is 6. The van der Waals surface area contributed by atoms with Crippen molar-refractivity contribution in [1.29, 1.82) is 0 Å². The quantitative estimate of drug-likeness (QED) is 0.767. The Morgan fingerprint density at radius 1 is 0.897 bits per heavy atom. The minimum Gasteiger partial charge on any atom is -0.493 e. The molecule has 1 atom stereocenters. The highest BCUT2D eigenvalue weighted by atomic mass is 16.5. The highest BCUT2D eigenvalue weighted by Crippen LogP contribution is 2.33. The van der Waals surface area contributed by atoms with Gasteiger partial charge in [0.05, 0.1) is 34.5 Å². The summed E-state index contributed by atoms with van der Waals surface area (Å²) in [6.07, 6.45) is 0.216. The molecule has 1 saturated heterocycles. The van der Waals surface area contributed by atoms with Gasteiger partial charge in [0.1, 0.15) is 0 Å². The predicted octanol–water partition coefficient (Wildman–Crippen LogP) is 2.26. The Morgan fingerprint density at radius 3 is 2.10 bits per heavy atom. The second-order valence-electron chi connectivity index (χ2n) is 6.49. The molecule has 2 aromatic rings. The zero-order valence-electron chi connectivity index (χ0n) is 16.9. The summed E-state index contributed by atoms with van der Waals surface area (Å²) < 4.78 is 21.0. The number of nitrogens with zero attached hydrogens (tertiary/aromatic N) is 1. The lowest BCUT2D eigenvalue weighted by Crippen LogP contribution is -2.37. The topological polar surface area (TPSA) is 86.3 Å². The number of anilines is 1. The van der Waals surface area contributed by atoms with E-state index >= 15 is 0 Å². The fourth-order valence-corrected chi connectivity index (χ4v) is 3.29. The number of nitrogens with one attached hydrogen (secondary N) is 1. The second kappa shape index (κ2) is 8.72. The zero-order chi connectivity index (χ0) is 21.0. The molecule has 8 nitrogen and oxygen atoms in total. The van der Waals surface area contributed by atoms with Crippen LogP contribution in [0, 0.1) is 0 Å². The molecular formula is C21H24N2O6. The van der Waals surface area contributed by atoms with Gasteiger partial charge in [-0.15, -0.1) is 0 Å². The highest BCUT2D eigenvalue weighted by Gasteiger charge is 2.32. The van der Waals surface area contributed by atoms with Crippen LogP contribution in [0.2, 0.25) is 0 Å². The van der Waals surface area contributed by atoms with Crippen molar-refractivity contribution in [3.8, 4) is 23.0 Å². The summed E-state index contributed by atoms with van der Waals surface area (Å²) in [6, 6.07) is 9.90. The molecule has 1 fully saturated rings. The molecule has 154 valence electrons. The summed E-state index contributed by atoms with van der Waals surface area (Å²) in [6.45, 7) is 0.368. The standard InChI is InChI=1S/C21H24N2O6/c1-26-16-7-5-13(9-18(16)28-3)21(25)22-14-10-20(24)23(12-14)15-6-8-17(27-2)19(11-15)29-4/h5-9,11,14H,10,12H2,1-4H3,(H,22,25)/t14-/m0/s1. The molecule has 1 heterocycles. The van der Waals surface area contributed by atoms with Crippen molar-refractivity contribution in [3.05, 3.63) is 42.0 Å². The van der Waals surface area contributed by atoms with Gasteiger partial charge in [0.15, 0.2) is 23.0 Å². The van der Waals surface area contributed by atoms with Crippen molar-refractivity contribution < 1.29 is 28.5 Å². The predicted molar refractivity (Wildman–Crippen MR) is 107 cm³/mol. The van der Waals surface area contributed by atoms with Crippen LogP contribution < -0.4 is 29.2 Å². The smallest absolute Gasteiger partial charge is 0.251 e. The number of benzene rings is 2. The molecule has 0 saturated carbocycles. The molecule has 1 N–H and O–H groups in total. The number of hydrogen-bond donors (Lipinski definition) is 1. The van der Waals surface area contributed by atoms with Crippen molar-refractivity contribution in [3.63, 3.8) is 0 Å². The van der Waals surface area contributed by atoms with Gasteiger partial charge in [0.25, 0.3) is 5.91 Å². The normalized spacial score (nSPS) is 15.8. The molecule has 8 heteroatoms. The molecular weight excluding hydrogens is 376 g/mol. The van der Waals surface area contributed by atoms with E-state index < -0.39 is 0 Å². The first-order chi connectivity index (χ1) is 14.0. The monoisotopic (exact) mass is 400 g/mol. The van der Waals surface area contributed by atoms with Gasteiger partial charge < -0.3 is 29.2 Å².